The number of aliphatic imine (C=N–C) groups is 2. The molecule has 2 aliphatic heterocycles. The average molecular weight is 204 g/mol. The normalized spacial score (nSPS) is 24.2. The first-order chi connectivity index (χ1) is 5.27. The van der Waals surface area contributed by atoms with E-state index in [1.165, 1.54) is 11.8 Å². The standard InChI is InChI=1S/C6H5N3OS.ClH/c7-5(10)6-9-3-1-8-2-4(3)11-6;/h1-2,6H,(H2,7,10);1H. The van der Waals surface area contributed by atoms with Gasteiger partial charge in [0.05, 0.1) is 16.8 Å². The van der Waals surface area contributed by atoms with Gasteiger partial charge in [-0.1, -0.05) is 11.8 Å². The maximum Gasteiger partial charge on any atom is 0.252 e. The zero-order valence-corrected chi connectivity index (χ0v) is 7.56. The Kier molecular flexibility index (Phi) is 2.54. The fourth-order valence-electron chi connectivity index (χ4n) is 0.888. The van der Waals surface area contributed by atoms with Gasteiger partial charge in [0, 0.05) is 6.20 Å². The van der Waals surface area contributed by atoms with Gasteiger partial charge < -0.3 is 5.73 Å². The van der Waals surface area contributed by atoms with Crippen LogP contribution in [0.25, 0.3) is 0 Å². The fourth-order valence-corrected chi connectivity index (χ4v) is 1.76. The molecule has 1 amide bonds. The summed E-state index contributed by atoms with van der Waals surface area (Å²) in [5, 5.41) is -0.442. The van der Waals surface area contributed by atoms with Crippen LogP contribution in [-0.4, -0.2) is 23.2 Å². The van der Waals surface area contributed by atoms with E-state index in [4.69, 9.17) is 5.73 Å². The molecule has 0 aromatic rings. The monoisotopic (exact) mass is 203 g/mol. The van der Waals surface area contributed by atoms with Crippen molar-refractivity contribution in [1.29, 1.82) is 0 Å². The van der Waals surface area contributed by atoms with Crippen molar-refractivity contribution in [2.24, 2.45) is 15.7 Å². The summed E-state index contributed by atoms with van der Waals surface area (Å²) < 4.78 is 0. The zero-order chi connectivity index (χ0) is 7.84. The highest BCUT2D eigenvalue weighted by atomic mass is 35.5. The minimum Gasteiger partial charge on any atom is -0.367 e. The van der Waals surface area contributed by atoms with E-state index in [1.807, 2.05) is 0 Å². The first-order valence-electron chi connectivity index (χ1n) is 3.05. The number of thioether (sulfide) groups is 1. The van der Waals surface area contributed by atoms with Crippen LogP contribution in [-0.2, 0) is 4.79 Å². The number of allylic oxidation sites excluding steroid dienone is 1. The lowest BCUT2D eigenvalue weighted by Gasteiger charge is -1.96. The van der Waals surface area contributed by atoms with Gasteiger partial charge in [-0.2, -0.15) is 0 Å². The minimum absolute atomic E-state index is 0. The molecular weight excluding hydrogens is 198 g/mol. The number of nitrogens with zero attached hydrogens (tertiary/aromatic N) is 2. The highest BCUT2D eigenvalue weighted by molar-refractivity contribution is 8.05. The fraction of sp³-hybridized carbons (Fsp3) is 0.167. The van der Waals surface area contributed by atoms with Crippen LogP contribution in [0.5, 0.6) is 0 Å². The number of nitrogens with two attached hydrogens (primary N) is 1. The molecule has 0 aliphatic carbocycles. The molecule has 0 aromatic heterocycles. The third kappa shape index (κ3) is 1.37. The van der Waals surface area contributed by atoms with Crippen molar-refractivity contribution in [3.05, 3.63) is 11.1 Å². The molecular formula is C6H6ClN3OS. The van der Waals surface area contributed by atoms with E-state index < -0.39 is 11.3 Å². The Balaban J connectivity index is 0.000000720. The predicted octanol–water partition coefficient (Wildman–Crippen LogP) is 0.333. The molecule has 64 valence electrons. The van der Waals surface area contributed by atoms with Gasteiger partial charge in [-0.25, -0.2) is 0 Å². The lowest BCUT2D eigenvalue weighted by Crippen LogP contribution is -2.22. The molecule has 2 aliphatic rings. The number of primary amides is 1. The number of carbonyl (C=O) groups is 1. The van der Waals surface area contributed by atoms with Gasteiger partial charge in [-0.3, -0.25) is 14.8 Å². The highest BCUT2D eigenvalue weighted by Gasteiger charge is 2.27. The van der Waals surface area contributed by atoms with Crippen LogP contribution in [0.15, 0.2) is 21.1 Å². The molecule has 1 unspecified atom stereocenters. The lowest BCUT2D eigenvalue weighted by molar-refractivity contribution is -0.117. The molecule has 2 heterocycles. The maximum absolute atomic E-state index is 10.7. The van der Waals surface area contributed by atoms with Crippen molar-refractivity contribution in [1.82, 2.24) is 0 Å². The van der Waals surface area contributed by atoms with E-state index in [9.17, 15) is 4.79 Å². The van der Waals surface area contributed by atoms with Crippen molar-refractivity contribution < 1.29 is 4.79 Å². The number of carbonyl (C=O) groups excluding carboxylic acids is 1. The Morgan fingerprint density at radius 3 is 3.00 bits per heavy atom. The first-order valence-corrected chi connectivity index (χ1v) is 3.93. The summed E-state index contributed by atoms with van der Waals surface area (Å²) in [7, 11) is 0. The third-order valence-electron chi connectivity index (χ3n) is 1.38. The molecule has 2 rings (SSSR count). The van der Waals surface area contributed by atoms with Crippen LogP contribution in [0, 0.1) is 0 Å². The second kappa shape index (κ2) is 3.28. The quantitative estimate of drug-likeness (QED) is 0.668. The summed E-state index contributed by atoms with van der Waals surface area (Å²) in [6.07, 6.45) is 3.32. The van der Waals surface area contributed by atoms with Gasteiger partial charge in [0.1, 0.15) is 0 Å². The molecule has 0 saturated carbocycles. The van der Waals surface area contributed by atoms with Crippen molar-refractivity contribution in [2.45, 2.75) is 5.37 Å². The van der Waals surface area contributed by atoms with Crippen LogP contribution >= 0.6 is 24.2 Å². The van der Waals surface area contributed by atoms with E-state index in [2.05, 4.69) is 9.98 Å². The molecule has 0 saturated heterocycles. The molecule has 2 N–H and O–H groups in total. The van der Waals surface area contributed by atoms with E-state index in [1.54, 1.807) is 12.4 Å². The Labute approximate surface area is 79.4 Å². The summed E-state index contributed by atoms with van der Waals surface area (Å²) >= 11 is 1.35. The first kappa shape index (κ1) is 9.28. The molecule has 0 spiro atoms. The molecule has 6 heteroatoms. The molecule has 0 bridgehead atoms. The van der Waals surface area contributed by atoms with Gasteiger partial charge in [-0.05, 0) is 0 Å². The number of halogens is 1. The predicted molar refractivity (Wildman–Crippen MR) is 51.8 cm³/mol. The van der Waals surface area contributed by atoms with Gasteiger partial charge >= 0.3 is 0 Å². The number of hydrogen-bond donors (Lipinski definition) is 1. The Morgan fingerprint density at radius 1 is 1.67 bits per heavy atom. The zero-order valence-electron chi connectivity index (χ0n) is 5.93. The second-order valence-electron chi connectivity index (χ2n) is 2.16. The third-order valence-corrected chi connectivity index (χ3v) is 2.51. The molecule has 4 nitrogen and oxygen atoms in total. The molecule has 0 radical (unpaired) electrons. The Morgan fingerprint density at radius 2 is 2.42 bits per heavy atom. The molecule has 1 atom stereocenters. The summed E-state index contributed by atoms with van der Waals surface area (Å²) in [5.74, 6) is -0.397. The van der Waals surface area contributed by atoms with Gasteiger partial charge in [0.25, 0.3) is 5.91 Å². The van der Waals surface area contributed by atoms with Crippen LogP contribution in [0.4, 0.5) is 0 Å². The van der Waals surface area contributed by atoms with E-state index in [-0.39, 0.29) is 12.4 Å². The van der Waals surface area contributed by atoms with Crippen molar-refractivity contribution in [3.63, 3.8) is 0 Å². The van der Waals surface area contributed by atoms with Gasteiger partial charge in [-0.15, -0.1) is 12.4 Å². The number of hydrogen-bond acceptors (Lipinski definition) is 4. The number of fused-ring (bicyclic) bond motifs is 1. The average Bonchev–Trinajstić information content (AvgIpc) is 2.40. The molecule has 0 aromatic carbocycles. The van der Waals surface area contributed by atoms with Crippen LogP contribution in [0.1, 0.15) is 0 Å². The number of rotatable bonds is 1. The summed E-state index contributed by atoms with van der Waals surface area (Å²) in [6.45, 7) is 0. The van der Waals surface area contributed by atoms with Crippen molar-refractivity contribution in [2.75, 3.05) is 0 Å². The highest BCUT2D eigenvalue weighted by Crippen LogP contribution is 2.32. The largest absolute Gasteiger partial charge is 0.367 e. The molecule has 0 fully saturated rings. The Hall–Kier alpha value is -0.810. The summed E-state index contributed by atoms with van der Waals surface area (Å²) in [5.41, 5.74) is 5.84. The Bertz CT molecular complexity index is 310. The SMILES string of the molecule is Cl.NC(=O)C1N=C2C=NC=C2S1. The van der Waals surface area contributed by atoms with E-state index in [0.717, 1.165) is 10.6 Å². The van der Waals surface area contributed by atoms with Gasteiger partial charge in [0.15, 0.2) is 5.37 Å². The topological polar surface area (TPSA) is 67.8 Å². The van der Waals surface area contributed by atoms with E-state index in [0.29, 0.717) is 0 Å². The minimum atomic E-state index is -0.442. The van der Waals surface area contributed by atoms with Gasteiger partial charge in [0.2, 0.25) is 0 Å². The van der Waals surface area contributed by atoms with Crippen LogP contribution < -0.4 is 5.73 Å². The van der Waals surface area contributed by atoms with Crippen LogP contribution in [0.3, 0.4) is 0 Å². The van der Waals surface area contributed by atoms with Crippen molar-refractivity contribution in [3.8, 4) is 0 Å². The second-order valence-corrected chi connectivity index (χ2v) is 3.28. The summed E-state index contributed by atoms with van der Waals surface area (Å²) in [6, 6.07) is 0. The lowest BCUT2D eigenvalue weighted by atomic mass is 10.4. The van der Waals surface area contributed by atoms with Crippen molar-refractivity contribution >= 4 is 42.0 Å². The molecule has 12 heavy (non-hydrogen) atoms. The number of amides is 1. The van der Waals surface area contributed by atoms with Crippen LogP contribution in [0.2, 0.25) is 0 Å². The maximum atomic E-state index is 10.7. The summed E-state index contributed by atoms with van der Waals surface area (Å²) in [4.78, 5) is 19.5. The smallest absolute Gasteiger partial charge is 0.252 e. The van der Waals surface area contributed by atoms with E-state index >= 15 is 0 Å².